The van der Waals surface area contributed by atoms with Crippen LogP contribution in [0.3, 0.4) is 0 Å². The fourth-order valence-electron chi connectivity index (χ4n) is 3.14. The van der Waals surface area contributed by atoms with Crippen molar-refractivity contribution in [1.82, 2.24) is 10.2 Å². The molecule has 25 heavy (non-hydrogen) atoms. The van der Waals surface area contributed by atoms with Crippen LogP contribution in [0.25, 0.3) is 0 Å². The van der Waals surface area contributed by atoms with Crippen LogP contribution in [0.1, 0.15) is 49.5 Å². The predicted molar refractivity (Wildman–Crippen MR) is 94.3 cm³/mol. The van der Waals surface area contributed by atoms with Gasteiger partial charge in [-0.05, 0) is 36.8 Å². The molecule has 1 heterocycles. The van der Waals surface area contributed by atoms with Crippen LogP contribution < -0.4 is 5.32 Å². The standard InChI is InChI=1S/C19H26N2O4/c1-12-8-5-6-9-13(12)16(22)20-15(19(2,3)4)17(23)21-11-7-10-14(21)18(24)25/h5-6,8-9,14-15H,7,10-11H2,1-4H3,(H,20,22)(H,24,25)/t14-,15+/m0/s1. The maximum atomic E-state index is 13.0. The number of amides is 2. The molecule has 1 fully saturated rings. The van der Waals surface area contributed by atoms with Crippen molar-refractivity contribution in [3.63, 3.8) is 0 Å². The van der Waals surface area contributed by atoms with E-state index in [0.717, 1.165) is 5.56 Å². The van der Waals surface area contributed by atoms with Crippen molar-refractivity contribution < 1.29 is 19.5 Å². The second-order valence-electron chi connectivity index (χ2n) is 7.62. The van der Waals surface area contributed by atoms with E-state index in [4.69, 9.17) is 0 Å². The van der Waals surface area contributed by atoms with Crippen molar-refractivity contribution in [2.75, 3.05) is 6.54 Å². The first-order valence-corrected chi connectivity index (χ1v) is 8.52. The molecule has 136 valence electrons. The number of carbonyl (C=O) groups is 3. The van der Waals surface area contributed by atoms with Gasteiger partial charge in [-0.3, -0.25) is 9.59 Å². The number of hydrogen-bond acceptors (Lipinski definition) is 3. The van der Waals surface area contributed by atoms with Crippen molar-refractivity contribution in [1.29, 1.82) is 0 Å². The maximum absolute atomic E-state index is 13.0. The molecule has 0 spiro atoms. The first-order chi connectivity index (χ1) is 11.6. The van der Waals surface area contributed by atoms with E-state index in [2.05, 4.69) is 5.32 Å². The summed E-state index contributed by atoms with van der Waals surface area (Å²) in [4.78, 5) is 38.4. The highest BCUT2D eigenvalue weighted by molar-refractivity contribution is 5.99. The van der Waals surface area contributed by atoms with E-state index in [-0.39, 0.29) is 11.8 Å². The lowest BCUT2D eigenvalue weighted by Crippen LogP contribution is -2.56. The van der Waals surface area contributed by atoms with Crippen LogP contribution in [0.2, 0.25) is 0 Å². The summed E-state index contributed by atoms with van der Waals surface area (Å²) in [7, 11) is 0. The van der Waals surface area contributed by atoms with Gasteiger partial charge < -0.3 is 15.3 Å². The van der Waals surface area contributed by atoms with Gasteiger partial charge in [0, 0.05) is 12.1 Å². The summed E-state index contributed by atoms with van der Waals surface area (Å²) in [6.07, 6.45) is 1.11. The molecule has 6 heteroatoms. The molecule has 2 N–H and O–H groups in total. The average molecular weight is 346 g/mol. The minimum Gasteiger partial charge on any atom is -0.480 e. The van der Waals surface area contributed by atoms with Gasteiger partial charge in [-0.25, -0.2) is 4.79 Å². The van der Waals surface area contributed by atoms with Crippen molar-refractivity contribution >= 4 is 17.8 Å². The van der Waals surface area contributed by atoms with E-state index in [1.807, 2.05) is 39.8 Å². The number of carboxylic acid groups (broad SMARTS) is 1. The molecule has 1 saturated heterocycles. The van der Waals surface area contributed by atoms with Crippen LogP contribution in [0.5, 0.6) is 0 Å². The number of aliphatic carboxylic acids is 1. The molecule has 1 aromatic carbocycles. The van der Waals surface area contributed by atoms with Crippen LogP contribution >= 0.6 is 0 Å². The topological polar surface area (TPSA) is 86.7 Å². The number of nitrogens with zero attached hydrogens (tertiary/aromatic N) is 1. The summed E-state index contributed by atoms with van der Waals surface area (Å²) in [5.41, 5.74) is 0.798. The second-order valence-corrected chi connectivity index (χ2v) is 7.62. The van der Waals surface area contributed by atoms with Gasteiger partial charge in [-0.15, -0.1) is 0 Å². The van der Waals surface area contributed by atoms with E-state index in [1.165, 1.54) is 4.90 Å². The number of likely N-dealkylation sites (tertiary alicyclic amines) is 1. The monoisotopic (exact) mass is 346 g/mol. The minimum absolute atomic E-state index is 0.322. The third-order valence-electron chi connectivity index (χ3n) is 4.60. The molecule has 0 saturated carbocycles. The first kappa shape index (κ1) is 19.0. The summed E-state index contributed by atoms with van der Waals surface area (Å²) in [6.45, 7) is 7.82. The number of nitrogens with one attached hydrogen (secondary N) is 1. The fourth-order valence-corrected chi connectivity index (χ4v) is 3.14. The number of benzene rings is 1. The van der Waals surface area contributed by atoms with E-state index in [1.54, 1.807) is 12.1 Å². The Kier molecular flexibility index (Phi) is 5.50. The van der Waals surface area contributed by atoms with E-state index < -0.39 is 23.5 Å². The number of hydrogen-bond donors (Lipinski definition) is 2. The van der Waals surface area contributed by atoms with Crippen molar-refractivity contribution in [3.8, 4) is 0 Å². The molecule has 2 rings (SSSR count). The van der Waals surface area contributed by atoms with E-state index in [0.29, 0.717) is 24.9 Å². The molecule has 2 atom stereocenters. The van der Waals surface area contributed by atoms with Crippen molar-refractivity contribution in [2.45, 2.75) is 52.6 Å². The zero-order valence-corrected chi connectivity index (χ0v) is 15.2. The zero-order valence-electron chi connectivity index (χ0n) is 15.2. The highest BCUT2D eigenvalue weighted by atomic mass is 16.4. The normalized spacial score (nSPS) is 18.7. The number of carboxylic acids is 1. The molecular weight excluding hydrogens is 320 g/mol. The summed E-state index contributed by atoms with van der Waals surface area (Å²) in [6, 6.07) is 5.57. The van der Waals surface area contributed by atoms with Crippen LogP contribution in [-0.2, 0) is 9.59 Å². The second kappa shape index (κ2) is 7.25. The lowest BCUT2D eigenvalue weighted by Gasteiger charge is -2.35. The third kappa shape index (κ3) is 4.18. The largest absolute Gasteiger partial charge is 0.480 e. The van der Waals surface area contributed by atoms with Gasteiger partial charge in [0.05, 0.1) is 0 Å². The van der Waals surface area contributed by atoms with E-state index in [9.17, 15) is 19.5 Å². The van der Waals surface area contributed by atoms with Crippen LogP contribution in [0.15, 0.2) is 24.3 Å². The Morgan fingerprint density at radius 2 is 1.88 bits per heavy atom. The van der Waals surface area contributed by atoms with Crippen LogP contribution in [-0.4, -0.2) is 46.4 Å². The Morgan fingerprint density at radius 1 is 1.24 bits per heavy atom. The number of aryl methyl sites for hydroxylation is 1. The SMILES string of the molecule is Cc1ccccc1C(=O)N[C@H](C(=O)N1CCC[C@H]1C(=O)O)C(C)(C)C. The quantitative estimate of drug-likeness (QED) is 0.875. The molecule has 0 radical (unpaired) electrons. The molecule has 0 aliphatic carbocycles. The van der Waals surface area contributed by atoms with Gasteiger partial charge in [-0.1, -0.05) is 39.0 Å². The molecule has 1 aliphatic rings. The maximum Gasteiger partial charge on any atom is 0.326 e. The minimum atomic E-state index is -0.997. The summed E-state index contributed by atoms with van der Waals surface area (Å²) in [5, 5.41) is 12.2. The van der Waals surface area contributed by atoms with Crippen molar-refractivity contribution in [3.05, 3.63) is 35.4 Å². The molecule has 2 amide bonds. The molecule has 0 bridgehead atoms. The molecule has 6 nitrogen and oxygen atoms in total. The molecule has 0 unspecified atom stereocenters. The van der Waals surface area contributed by atoms with Gasteiger partial charge in [0.2, 0.25) is 5.91 Å². The Bertz CT molecular complexity index is 678. The van der Waals surface area contributed by atoms with Crippen LogP contribution in [0, 0.1) is 12.3 Å². The molecule has 0 aromatic heterocycles. The van der Waals surface area contributed by atoms with Crippen LogP contribution in [0.4, 0.5) is 0 Å². The first-order valence-electron chi connectivity index (χ1n) is 8.52. The fraction of sp³-hybridized carbons (Fsp3) is 0.526. The number of rotatable bonds is 4. The Balaban J connectivity index is 2.25. The predicted octanol–water partition coefficient (Wildman–Crippen LogP) is 2.22. The molecule has 1 aliphatic heterocycles. The van der Waals surface area contributed by atoms with Gasteiger partial charge in [-0.2, -0.15) is 0 Å². The summed E-state index contributed by atoms with van der Waals surface area (Å²) >= 11 is 0. The molecular formula is C19H26N2O4. The summed E-state index contributed by atoms with van der Waals surface area (Å²) in [5.74, 6) is -1.65. The smallest absolute Gasteiger partial charge is 0.326 e. The highest BCUT2D eigenvalue weighted by Crippen LogP contribution is 2.26. The lowest BCUT2D eigenvalue weighted by atomic mass is 9.85. The van der Waals surface area contributed by atoms with Gasteiger partial charge in [0.25, 0.3) is 5.91 Å². The highest BCUT2D eigenvalue weighted by Gasteiger charge is 2.41. The Morgan fingerprint density at radius 3 is 2.44 bits per heavy atom. The average Bonchev–Trinajstić information content (AvgIpc) is 3.01. The Labute approximate surface area is 148 Å². The molecule has 1 aromatic rings. The van der Waals surface area contributed by atoms with Gasteiger partial charge in [0.15, 0.2) is 0 Å². The number of carbonyl (C=O) groups excluding carboxylic acids is 2. The Hall–Kier alpha value is -2.37. The van der Waals surface area contributed by atoms with Gasteiger partial charge >= 0.3 is 5.97 Å². The van der Waals surface area contributed by atoms with Gasteiger partial charge in [0.1, 0.15) is 12.1 Å². The lowest BCUT2D eigenvalue weighted by molar-refractivity contribution is -0.150. The third-order valence-corrected chi connectivity index (χ3v) is 4.60. The van der Waals surface area contributed by atoms with Crippen molar-refractivity contribution in [2.24, 2.45) is 5.41 Å². The summed E-state index contributed by atoms with van der Waals surface area (Å²) < 4.78 is 0. The zero-order chi connectivity index (χ0) is 18.8. The van der Waals surface area contributed by atoms with E-state index >= 15 is 0 Å².